The topological polar surface area (TPSA) is 67.9 Å². The highest BCUT2D eigenvalue weighted by molar-refractivity contribution is 6.46. The lowest BCUT2D eigenvalue weighted by molar-refractivity contribution is -0.120. The van der Waals surface area contributed by atoms with Crippen LogP contribution in [0.4, 0.5) is 15.8 Å². The summed E-state index contributed by atoms with van der Waals surface area (Å²) < 4.78 is 24.2. The van der Waals surface area contributed by atoms with Crippen LogP contribution in [0.1, 0.15) is 16.7 Å². The fourth-order valence-electron chi connectivity index (χ4n) is 3.84. The van der Waals surface area contributed by atoms with Gasteiger partial charge in [0.05, 0.1) is 31.2 Å². The minimum absolute atomic E-state index is 0.0788. The molecule has 3 aromatic carbocycles. The molecule has 0 spiro atoms. The number of amides is 2. The van der Waals surface area contributed by atoms with Crippen molar-refractivity contribution in [3.63, 3.8) is 0 Å². The Hall–Kier alpha value is -4.13. The number of carbonyl (C=O) groups is 2. The molecule has 0 aliphatic carbocycles. The molecule has 0 radical (unpaired) electrons. The van der Waals surface area contributed by atoms with E-state index in [1.54, 1.807) is 24.3 Å². The number of anilines is 2. The van der Waals surface area contributed by atoms with E-state index in [0.717, 1.165) is 16.0 Å². The van der Waals surface area contributed by atoms with Crippen molar-refractivity contribution in [3.05, 3.63) is 88.9 Å². The van der Waals surface area contributed by atoms with Gasteiger partial charge in [0, 0.05) is 6.07 Å². The van der Waals surface area contributed by atoms with Gasteiger partial charge in [-0.15, -0.1) is 0 Å². The van der Waals surface area contributed by atoms with Gasteiger partial charge in [0.2, 0.25) is 0 Å². The van der Waals surface area contributed by atoms with Gasteiger partial charge in [-0.1, -0.05) is 29.8 Å². The monoisotopic (exact) mass is 446 g/mol. The van der Waals surface area contributed by atoms with Crippen LogP contribution in [0.15, 0.2) is 66.4 Å². The maximum Gasteiger partial charge on any atom is 0.282 e. The number of hydrogen-bond acceptors (Lipinski definition) is 5. The minimum Gasteiger partial charge on any atom is -0.497 e. The number of aryl methyl sites for hydroxylation is 2. The van der Waals surface area contributed by atoms with Crippen molar-refractivity contribution in [1.82, 2.24) is 0 Å². The molecule has 4 rings (SSSR count). The van der Waals surface area contributed by atoms with E-state index >= 15 is 0 Å². The molecule has 0 fully saturated rings. The van der Waals surface area contributed by atoms with Crippen molar-refractivity contribution in [2.45, 2.75) is 13.8 Å². The summed E-state index contributed by atoms with van der Waals surface area (Å²) in [4.78, 5) is 28.3. The second-order valence-corrected chi connectivity index (χ2v) is 7.68. The second-order valence-electron chi connectivity index (χ2n) is 7.68. The summed E-state index contributed by atoms with van der Waals surface area (Å²) in [5.41, 5.74) is 3.44. The molecule has 0 saturated carbocycles. The summed E-state index contributed by atoms with van der Waals surface area (Å²) in [7, 11) is 3.04. The fourth-order valence-corrected chi connectivity index (χ4v) is 3.84. The Balaban J connectivity index is 1.85. The molecule has 1 heterocycles. The van der Waals surface area contributed by atoms with Crippen LogP contribution in [0.3, 0.4) is 0 Å². The van der Waals surface area contributed by atoms with E-state index in [2.05, 4.69) is 5.32 Å². The van der Waals surface area contributed by atoms with Gasteiger partial charge >= 0.3 is 0 Å². The molecule has 1 N–H and O–H groups in total. The molecule has 33 heavy (non-hydrogen) atoms. The SMILES string of the molecule is COc1ccc(NC2=C(c3ccc(F)cc3)C(=O)N(c3ccc(C)cc3C)C2=O)c(OC)c1. The maximum absolute atomic E-state index is 13.6. The Morgan fingerprint density at radius 1 is 0.848 bits per heavy atom. The number of ether oxygens (including phenoxy) is 2. The van der Waals surface area contributed by atoms with Crippen molar-refractivity contribution in [3.8, 4) is 11.5 Å². The maximum atomic E-state index is 13.6. The fraction of sp³-hybridized carbons (Fsp3) is 0.154. The number of halogens is 1. The van der Waals surface area contributed by atoms with Crippen LogP contribution in [-0.4, -0.2) is 26.0 Å². The number of benzene rings is 3. The predicted molar refractivity (Wildman–Crippen MR) is 125 cm³/mol. The molecular weight excluding hydrogens is 423 g/mol. The van der Waals surface area contributed by atoms with E-state index in [0.29, 0.717) is 28.4 Å². The van der Waals surface area contributed by atoms with E-state index in [-0.39, 0.29) is 11.3 Å². The van der Waals surface area contributed by atoms with Crippen molar-refractivity contribution < 1.29 is 23.5 Å². The van der Waals surface area contributed by atoms with Crippen molar-refractivity contribution in [1.29, 1.82) is 0 Å². The van der Waals surface area contributed by atoms with E-state index in [4.69, 9.17) is 9.47 Å². The number of methoxy groups -OCH3 is 2. The molecule has 0 atom stereocenters. The lowest BCUT2D eigenvalue weighted by Gasteiger charge is -2.18. The van der Waals surface area contributed by atoms with E-state index in [9.17, 15) is 14.0 Å². The number of hydrogen-bond donors (Lipinski definition) is 1. The predicted octanol–water partition coefficient (Wildman–Crippen LogP) is 4.86. The van der Waals surface area contributed by atoms with Gasteiger partial charge in [0.1, 0.15) is 23.0 Å². The van der Waals surface area contributed by atoms with Crippen molar-refractivity contribution >= 4 is 28.8 Å². The molecule has 7 heteroatoms. The number of nitrogens with zero attached hydrogens (tertiary/aromatic N) is 1. The lowest BCUT2D eigenvalue weighted by Crippen LogP contribution is -2.33. The Kier molecular flexibility index (Phi) is 5.87. The smallest absolute Gasteiger partial charge is 0.282 e. The minimum atomic E-state index is -0.510. The molecule has 3 aromatic rings. The summed E-state index contributed by atoms with van der Waals surface area (Å²) in [5, 5.41) is 3.08. The van der Waals surface area contributed by atoms with Gasteiger partial charge in [0.15, 0.2) is 0 Å². The zero-order valence-corrected chi connectivity index (χ0v) is 18.7. The first kappa shape index (κ1) is 22.1. The van der Waals surface area contributed by atoms with Crippen LogP contribution in [0.5, 0.6) is 11.5 Å². The first-order valence-corrected chi connectivity index (χ1v) is 10.3. The third-order valence-electron chi connectivity index (χ3n) is 5.48. The summed E-state index contributed by atoms with van der Waals surface area (Å²) in [5.74, 6) is -0.423. The zero-order chi connectivity index (χ0) is 23.7. The molecule has 0 aromatic heterocycles. The standard InChI is InChI=1S/C26H23FN2O4/c1-15-5-12-21(16(2)13-15)29-25(30)23(17-6-8-18(27)9-7-17)24(26(29)31)28-20-11-10-19(32-3)14-22(20)33-4/h5-14,28H,1-4H3. The van der Waals surface area contributed by atoms with Crippen LogP contribution in [0.2, 0.25) is 0 Å². The number of imide groups is 1. The first-order valence-electron chi connectivity index (χ1n) is 10.3. The average molecular weight is 446 g/mol. The van der Waals surface area contributed by atoms with Gasteiger partial charge in [-0.2, -0.15) is 0 Å². The Morgan fingerprint density at radius 2 is 1.58 bits per heavy atom. The zero-order valence-electron chi connectivity index (χ0n) is 18.7. The van der Waals surface area contributed by atoms with Gasteiger partial charge in [-0.25, -0.2) is 9.29 Å². The number of rotatable bonds is 6. The normalized spacial score (nSPS) is 13.5. The molecule has 0 saturated heterocycles. The molecule has 2 amide bonds. The second kappa shape index (κ2) is 8.78. The van der Waals surface area contributed by atoms with Crippen LogP contribution in [-0.2, 0) is 9.59 Å². The molecule has 0 unspecified atom stereocenters. The highest BCUT2D eigenvalue weighted by Crippen LogP contribution is 2.37. The molecule has 168 valence electrons. The van der Waals surface area contributed by atoms with Gasteiger partial charge in [0.25, 0.3) is 11.8 Å². The summed E-state index contributed by atoms with van der Waals surface area (Å²) in [6.45, 7) is 3.79. The summed E-state index contributed by atoms with van der Waals surface area (Å²) in [6, 6.07) is 16.1. The van der Waals surface area contributed by atoms with Gasteiger partial charge < -0.3 is 14.8 Å². The average Bonchev–Trinajstić information content (AvgIpc) is 3.04. The number of carbonyl (C=O) groups excluding carboxylic acids is 2. The Bertz CT molecular complexity index is 1280. The molecule has 6 nitrogen and oxygen atoms in total. The Morgan fingerprint density at radius 3 is 2.21 bits per heavy atom. The van der Waals surface area contributed by atoms with Crippen LogP contribution in [0.25, 0.3) is 5.57 Å². The van der Waals surface area contributed by atoms with E-state index in [1.807, 2.05) is 26.0 Å². The van der Waals surface area contributed by atoms with Gasteiger partial charge in [-0.3, -0.25) is 9.59 Å². The third kappa shape index (κ3) is 4.05. The van der Waals surface area contributed by atoms with E-state index < -0.39 is 17.6 Å². The van der Waals surface area contributed by atoms with E-state index in [1.165, 1.54) is 38.5 Å². The first-order chi connectivity index (χ1) is 15.8. The largest absolute Gasteiger partial charge is 0.497 e. The number of nitrogens with one attached hydrogen (secondary N) is 1. The van der Waals surface area contributed by atoms with Crippen molar-refractivity contribution in [2.75, 3.05) is 24.4 Å². The molecular formula is C26H23FN2O4. The van der Waals surface area contributed by atoms with Crippen LogP contribution in [0, 0.1) is 19.7 Å². The highest BCUT2D eigenvalue weighted by atomic mass is 19.1. The van der Waals surface area contributed by atoms with Crippen LogP contribution >= 0.6 is 0 Å². The van der Waals surface area contributed by atoms with Crippen LogP contribution < -0.4 is 19.7 Å². The van der Waals surface area contributed by atoms with Crippen molar-refractivity contribution in [2.24, 2.45) is 0 Å². The summed E-state index contributed by atoms with van der Waals surface area (Å²) >= 11 is 0. The molecule has 1 aliphatic heterocycles. The lowest BCUT2D eigenvalue weighted by atomic mass is 10.0. The molecule has 0 bridgehead atoms. The molecule has 1 aliphatic rings. The quantitative estimate of drug-likeness (QED) is 0.548. The summed E-state index contributed by atoms with van der Waals surface area (Å²) in [6.07, 6.45) is 0. The third-order valence-corrected chi connectivity index (χ3v) is 5.48. The van der Waals surface area contributed by atoms with Gasteiger partial charge in [-0.05, 0) is 55.3 Å². The highest BCUT2D eigenvalue weighted by Gasteiger charge is 2.41. The Labute approximate surface area is 191 Å².